The largest absolute Gasteiger partial charge is 0.493 e. The Bertz CT molecular complexity index is 470. The molecule has 1 atom stereocenters. The van der Waals surface area contributed by atoms with E-state index >= 15 is 0 Å². The van der Waals surface area contributed by atoms with Gasteiger partial charge in [0.25, 0.3) is 0 Å². The van der Waals surface area contributed by atoms with E-state index in [1.807, 2.05) is 7.05 Å². The second-order valence-electron chi connectivity index (χ2n) is 5.81. The summed E-state index contributed by atoms with van der Waals surface area (Å²) in [6.45, 7) is 2.23. The maximum absolute atomic E-state index is 14.4. The lowest BCUT2D eigenvalue weighted by Gasteiger charge is -2.34. The molecule has 0 bridgehead atoms. The first-order valence-electron chi connectivity index (χ1n) is 7.14. The summed E-state index contributed by atoms with van der Waals surface area (Å²) < 4.78 is 24.9. The van der Waals surface area contributed by atoms with Crippen molar-refractivity contribution < 1.29 is 13.9 Å². The molecular formula is C16H24FNO2. The Morgan fingerprint density at radius 3 is 2.20 bits per heavy atom. The summed E-state index contributed by atoms with van der Waals surface area (Å²) in [5, 5.41) is 3.29. The Morgan fingerprint density at radius 1 is 1.15 bits per heavy atom. The molecule has 0 aromatic heterocycles. The minimum Gasteiger partial charge on any atom is -0.493 e. The summed E-state index contributed by atoms with van der Waals surface area (Å²) in [5.74, 6) is 0.765. The van der Waals surface area contributed by atoms with E-state index in [1.54, 1.807) is 13.2 Å². The molecule has 2 rings (SSSR count). The zero-order valence-electron chi connectivity index (χ0n) is 12.8. The molecule has 1 aliphatic carbocycles. The SMILES string of the molecule is CNC(c1cc(OC)c(OC)cc1F)C1(C)CCCC1. The van der Waals surface area contributed by atoms with E-state index < -0.39 is 0 Å². The molecule has 4 heteroatoms. The minimum atomic E-state index is -0.241. The molecule has 1 aromatic carbocycles. The number of hydrogen-bond donors (Lipinski definition) is 1. The highest BCUT2D eigenvalue weighted by Gasteiger charge is 2.38. The normalized spacial score (nSPS) is 18.9. The Labute approximate surface area is 120 Å². The lowest BCUT2D eigenvalue weighted by Crippen LogP contribution is -2.33. The van der Waals surface area contributed by atoms with Crippen molar-refractivity contribution in [1.82, 2.24) is 5.32 Å². The van der Waals surface area contributed by atoms with Gasteiger partial charge in [0.2, 0.25) is 0 Å². The maximum Gasteiger partial charge on any atom is 0.163 e. The quantitative estimate of drug-likeness (QED) is 0.893. The highest BCUT2D eigenvalue weighted by molar-refractivity contribution is 5.45. The van der Waals surface area contributed by atoms with Gasteiger partial charge in [-0.25, -0.2) is 4.39 Å². The van der Waals surface area contributed by atoms with E-state index in [0.717, 1.165) is 12.8 Å². The van der Waals surface area contributed by atoms with Crippen molar-refractivity contribution in [3.63, 3.8) is 0 Å². The van der Waals surface area contributed by atoms with Crippen molar-refractivity contribution in [2.24, 2.45) is 5.41 Å². The molecule has 0 spiro atoms. The van der Waals surface area contributed by atoms with Gasteiger partial charge < -0.3 is 14.8 Å². The highest BCUT2D eigenvalue weighted by atomic mass is 19.1. The van der Waals surface area contributed by atoms with Crippen LogP contribution in [0, 0.1) is 11.2 Å². The number of ether oxygens (including phenoxy) is 2. The zero-order chi connectivity index (χ0) is 14.8. The van der Waals surface area contributed by atoms with Crippen LogP contribution in [0.5, 0.6) is 11.5 Å². The predicted molar refractivity (Wildman–Crippen MR) is 77.9 cm³/mol. The number of hydrogen-bond acceptors (Lipinski definition) is 3. The lowest BCUT2D eigenvalue weighted by molar-refractivity contribution is 0.228. The Kier molecular flexibility index (Phi) is 4.53. The summed E-state index contributed by atoms with van der Waals surface area (Å²) in [6, 6.07) is 3.17. The summed E-state index contributed by atoms with van der Waals surface area (Å²) in [4.78, 5) is 0. The molecule has 20 heavy (non-hydrogen) atoms. The van der Waals surface area contributed by atoms with Gasteiger partial charge in [-0.05, 0) is 31.4 Å². The van der Waals surface area contributed by atoms with E-state index in [0.29, 0.717) is 17.1 Å². The maximum atomic E-state index is 14.4. The fourth-order valence-corrected chi connectivity index (χ4v) is 3.44. The third-order valence-corrected chi connectivity index (χ3v) is 4.55. The summed E-state index contributed by atoms with van der Waals surface area (Å²) in [6.07, 6.45) is 4.66. The first-order chi connectivity index (χ1) is 9.55. The molecule has 3 nitrogen and oxygen atoms in total. The molecule has 0 heterocycles. The summed E-state index contributed by atoms with van der Waals surface area (Å²) >= 11 is 0. The van der Waals surface area contributed by atoms with Crippen LogP contribution in [0.3, 0.4) is 0 Å². The van der Waals surface area contributed by atoms with E-state index in [-0.39, 0.29) is 17.3 Å². The molecule has 1 fully saturated rings. The van der Waals surface area contributed by atoms with Crippen LogP contribution in [0.4, 0.5) is 4.39 Å². The van der Waals surface area contributed by atoms with Crippen LogP contribution >= 0.6 is 0 Å². The molecule has 1 N–H and O–H groups in total. The van der Waals surface area contributed by atoms with Gasteiger partial charge in [-0.1, -0.05) is 19.8 Å². The summed E-state index contributed by atoms with van der Waals surface area (Å²) in [7, 11) is 4.99. The number of halogens is 1. The number of nitrogens with one attached hydrogen (secondary N) is 1. The molecule has 1 aromatic rings. The van der Waals surface area contributed by atoms with Crippen molar-refractivity contribution in [3.8, 4) is 11.5 Å². The Hall–Kier alpha value is -1.29. The Morgan fingerprint density at radius 2 is 1.70 bits per heavy atom. The van der Waals surface area contributed by atoms with Crippen LogP contribution in [0.15, 0.2) is 12.1 Å². The van der Waals surface area contributed by atoms with Gasteiger partial charge >= 0.3 is 0 Å². The molecule has 1 unspecified atom stereocenters. The average Bonchev–Trinajstić information content (AvgIpc) is 2.88. The molecule has 1 aliphatic rings. The van der Waals surface area contributed by atoms with Gasteiger partial charge in [0.05, 0.1) is 14.2 Å². The van der Waals surface area contributed by atoms with Crippen LogP contribution in [0.1, 0.15) is 44.2 Å². The second-order valence-corrected chi connectivity index (χ2v) is 5.81. The van der Waals surface area contributed by atoms with Gasteiger partial charge in [-0.2, -0.15) is 0 Å². The van der Waals surface area contributed by atoms with Crippen molar-refractivity contribution in [1.29, 1.82) is 0 Å². The second kappa shape index (κ2) is 6.00. The van der Waals surface area contributed by atoms with Gasteiger partial charge in [-0.3, -0.25) is 0 Å². The van der Waals surface area contributed by atoms with Crippen LogP contribution in [0.25, 0.3) is 0 Å². The average molecular weight is 281 g/mol. The molecule has 0 radical (unpaired) electrons. The number of benzene rings is 1. The van der Waals surface area contributed by atoms with Gasteiger partial charge in [0.1, 0.15) is 5.82 Å². The first kappa shape index (κ1) is 15.1. The third kappa shape index (κ3) is 2.62. The third-order valence-electron chi connectivity index (χ3n) is 4.55. The van der Waals surface area contributed by atoms with E-state index in [2.05, 4.69) is 12.2 Å². The topological polar surface area (TPSA) is 30.5 Å². The summed E-state index contributed by atoms with van der Waals surface area (Å²) in [5.41, 5.74) is 0.754. The molecule has 0 saturated heterocycles. The lowest BCUT2D eigenvalue weighted by atomic mass is 9.77. The predicted octanol–water partition coefficient (Wildman–Crippen LogP) is 3.68. The van der Waals surface area contributed by atoms with Crippen LogP contribution in [0.2, 0.25) is 0 Å². The van der Waals surface area contributed by atoms with E-state index in [1.165, 1.54) is 26.0 Å². The smallest absolute Gasteiger partial charge is 0.163 e. The Balaban J connectivity index is 2.44. The van der Waals surface area contributed by atoms with Gasteiger partial charge in [-0.15, -0.1) is 0 Å². The van der Waals surface area contributed by atoms with Crippen molar-refractivity contribution in [3.05, 3.63) is 23.5 Å². The van der Waals surface area contributed by atoms with Crippen LogP contribution in [-0.2, 0) is 0 Å². The van der Waals surface area contributed by atoms with Crippen LogP contribution < -0.4 is 14.8 Å². The first-order valence-corrected chi connectivity index (χ1v) is 7.14. The number of methoxy groups -OCH3 is 2. The molecular weight excluding hydrogens is 257 g/mol. The monoisotopic (exact) mass is 281 g/mol. The van der Waals surface area contributed by atoms with E-state index in [4.69, 9.17) is 9.47 Å². The van der Waals surface area contributed by atoms with Gasteiger partial charge in [0.15, 0.2) is 11.5 Å². The van der Waals surface area contributed by atoms with Crippen molar-refractivity contribution >= 4 is 0 Å². The highest BCUT2D eigenvalue weighted by Crippen LogP contribution is 2.48. The van der Waals surface area contributed by atoms with Crippen LogP contribution in [-0.4, -0.2) is 21.3 Å². The fraction of sp³-hybridized carbons (Fsp3) is 0.625. The molecule has 0 amide bonds. The number of rotatable bonds is 5. The van der Waals surface area contributed by atoms with Crippen molar-refractivity contribution in [2.75, 3.05) is 21.3 Å². The standard InChI is InChI=1S/C16H24FNO2/c1-16(7-5-6-8-16)15(18-2)11-9-13(19-3)14(20-4)10-12(11)17/h9-10,15,18H,5-8H2,1-4H3. The minimum absolute atomic E-state index is 0.00944. The molecule has 0 aliphatic heterocycles. The van der Waals surface area contributed by atoms with E-state index in [9.17, 15) is 4.39 Å². The fourth-order valence-electron chi connectivity index (χ4n) is 3.44. The molecule has 112 valence electrons. The van der Waals surface area contributed by atoms with Crippen molar-refractivity contribution in [2.45, 2.75) is 38.6 Å². The van der Waals surface area contributed by atoms with Gasteiger partial charge in [0, 0.05) is 17.7 Å². The molecule has 1 saturated carbocycles. The zero-order valence-corrected chi connectivity index (χ0v) is 12.8.